The Kier molecular flexibility index (Phi) is 5.70. The second-order valence-electron chi connectivity index (χ2n) is 5.01. The van der Waals surface area contributed by atoms with Crippen molar-refractivity contribution in [3.8, 4) is 0 Å². The van der Waals surface area contributed by atoms with Gasteiger partial charge in [0.1, 0.15) is 0 Å². The monoisotopic (exact) mass is 423 g/mol. The van der Waals surface area contributed by atoms with Crippen molar-refractivity contribution >= 4 is 44.8 Å². The normalized spacial score (nSPS) is 10.9. The molecule has 8 heteroatoms. The molecule has 0 spiro atoms. The molecule has 2 aromatic heterocycles. The standard InChI is InChI=1S/C16H14BrN3O2S2/c17-12-7-9-23-14(12)13(21)10-24-16-19-18-15(22)20(16)8-6-11-4-2-1-3-5-11/h1-5,7,9H,6,8,10H2,(H,18,22). The minimum atomic E-state index is -0.252. The number of ketones is 1. The molecular formula is C16H14BrN3O2S2. The number of halogens is 1. The number of hydrogen-bond acceptors (Lipinski definition) is 5. The van der Waals surface area contributed by atoms with E-state index in [1.54, 1.807) is 4.57 Å². The summed E-state index contributed by atoms with van der Waals surface area (Å²) in [6.45, 7) is 0.526. The maximum absolute atomic E-state index is 12.2. The number of Topliss-reactive ketones (excluding diaryl/α,β-unsaturated/α-hetero) is 1. The van der Waals surface area contributed by atoms with Gasteiger partial charge in [-0.05, 0) is 39.4 Å². The van der Waals surface area contributed by atoms with Gasteiger partial charge in [0.15, 0.2) is 10.9 Å². The second kappa shape index (κ2) is 7.96. The van der Waals surface area contributed by atoms with Gasteiger partial charge in [-0.1, -0.05) is 42.1 Å². The molecule has 0 radical (unpaired) electrons. The van der Waals surface area contributed by atoms with Gasteiger partial charge in [-0.3, -0.25) is 9.36 Å². The van der Waals surface area contributed by atoms with Crippen LogP contribution in [0.15, 0.2) is 56.2 Å². The quantitative estimate of drug-likeness (QED) is 0.465. The molecule has 5 nitrogen and oxygen atoms in total. The van der Waals surface area contributed by atoms with E-state index in [0.717, 1.165) is 16.5 Å². The number of rotatable bonds is 7. The van der Waals surface area contributed by atoms with E-state index in [9.17, 15) is 9.59 Å². The number of carbonyl (C=O) groups excluding carboxylic acids is 1. The predicted octanol–water partition coefficient (Wildman–Crippen LogP) is 3.61. The molecule has 0 amide bonds. The third-order valence-electron chi connectivity index (χ3n) is 3.39. The highest BCUT2D eigenvalue weighted by Gasteiger charge is 2.15. The lowest BCUT2D eigenvalue weighted by atomic mass is 10.1. The molecule has 24 heavy (non-hydrogen) atoms. The Morgan fingerprint density at radius 2 is 2.08 bits per heavy atom. The first-order valence-corrected chi connectivity index (χ1v) is 9.89. The third kappa shape index (κ3) is 4.06. The van der Waals surface area contributed by atoms with E-state index >= 15 is 0 Å². The van der Waals surface area contributed by atoms with Crippen LogP contribution in [0.3, 0.4) is 0 Å². The molecule has 124 valence electrons. The maximum atomic E-state index is 12.2. The van der Waals surface area contributed by atoms with Gasteiger partial charge in [-0.15, -0.1) is 16.4 Å². The van der Waals surface area contributed by atoms with Crippen LogP contribution < -0.4 is 5.69 Å². The minimum absolute atomic E-state index is 0.0203. The van der Waals surface area contributed by atoms with Crippen LogP contribution in [0.2, 0.25) is 0 Å². The number of nitrogens with one attached hydrogen (secondary N) is 1. The Labute approximate surface area is 155 Å². The van der Waals surface area contributed by atoms with Crippen molar-refractivity contribution in [3.63, 3.8) is 0 Å². The minimum Gasteiger partial charge on any atom is -0.292 e. The van der Waals surface area contributed by atoms with E-state index in [0.29, 0.717) is 16.6 Å². The Hall–Kier alpha value is -1.64. The highest BCUT2D eigenvalue weighted by Crippen LogP contribution is 2.25. The number of H-pyrrole nitrogens is 1. The number of aromatic amines is 1. The van der Waals surface area contributed by atoms with Crippen molar-refractivity contribution < 1.29 is 4.79 Å². The van der Waals surface area contributed by atoms with Gasteiger partial charge in [-0.2, -0.15) is 0 Å². The first kappa shape index (κ1) is 17.2. The number of hydrogen-bond donors (Lipinski definition) is 1. The van der Waals surface area contributed by atoms with Crippen LogP contribution in [0.25, 0.3) is 0 Å². The smallest absolute Gasteiger partial charge is 0.292 e. The molecule has 0 atom stereocenters. The summed E-state index contributed by atoms with van der Waals surface area (Å²) in [6, 6.07) is 11.8. The predicted molar refractivity (Wildman–Crippen MR) is 100 cm³/mol. The van der Waals surface area contributed by atoms with Crippen LogP contribution in [0.1, 0.15) is 15.2 Å². The van der Waals surface area contributed by atoms with E-state index in [-0.39, 0.29) is 17.2 Å². The molecule has 0 unspecified atom stereocenters. The molecule has 0 bridgehead atoms. The van der Waals surface area contributed by atoms with Gasteiger partial charge >= 0.3 is 5.69 Å². The van der Waals surface area contributed by atoms with Gasteiger partial charge in [0.2, 0.25) is 0 Å². The number of aromatic nitrogens is 3. The fraction of sp³-hybridized carbons (Fsp3) is 0.188. The molecule has 0 aliphatic heterocycles. The van der Waals surface area contributed by atoms with Crippen molar-refractivity contribution in [2.24, 2.45) is 0 Å². The molecular weight excluding hydrogens is 410 g/mol. The lowest BCUT2D eigenvalue weighted by Gasteiger charge is -2.05. The van der Waals surface area contributed by atoms with Crippen molar-refractivity contribution in [1.29, 1.82) is 0 Å². The molecule has 2 heterocycles. The first-order chi connectivity index (χ1) is 11.6. The average Bonchev–Trinajstić information content (AvgIpc) is 3.17. The topological polar surface area (TPSA) is 67.8 Å². The SMILES string of the molecule is O=C(CSc1n[nH]c(=O)n1CCc1ccccc1)c1sccc1Br. The summed E-state index contributed by atoms with van der Waals surface area (Å²) in [6.07, 6.45) is 0.734. The molecule has 1 N–H and O–H groups in total. The third-order valence-corrected chi connectivity index (χ3v) is 6.25. The van der Waals surface area contributed by atoms with E-state index in [1.807, 2.05) is 41.8 Å². The number of nitrogens with zero attached hydrogens (tertiary/aromatic N) is 2. The van der Waals surface area contributed by atoms with Crippen LogP contribution in [0.5, 0.6) is 0 Å². The second-order valence-corrected chi connectivity index (χ2v) is 7.72. The van der Waals surface area contributed by atoms with E-state index < -0.39 is 0 Å². The molecule has 0 aliphatic carbocycles. The van der Waals surface area contributed by atoms with Crippen molar-refractivity contribution in [2.75, 3.05) is 5.75 Å². The molecule has 0 saturated carbocycles. The molecule has 1 aromatic carbocycles. The fourth-order valence-electron chi connectivity index (χ4n) is 2.18. The number of carbonyl (C=O) groups is 1. The van der Waals surface area contributed by atoms with E-state index in [2.05, 4.69) is 26.1 Å². The van der Waals surface area contributed by atoms with Crippen LogP contribution in [0, 0.1) is 0 Å². The van der Waals surface area contributed by atoms with Gasteiger partial charge in [-0.25, -0.2) is 9.89 Å². The van der Waals surface area contributed by atoms with E-state index in [1.165, 1.54) is 23.1 Å². The van der Waals surface area contributed by atoms with Gasteiger partial charge in [0.25, 0.3) is 0 Å². The Morgan fingerprint density at radius 1 is 1.29 bits per heavy atom. The summed E-state index contributed by atoms with van der Waals surface area (Å²) in [5, 5.41) is 8.90. The van der Waals surface area contributed by atoms with Crippen LogP contribution in [-0.4, -0.2) is 26.3 Å². The zero-order valence-electron chi connectivity index (χ0n) is 12.6. The summed E-state index contributed by atoms with van der Waals surface area (Å²) in [5.74, 6) is 0.265. The molecule has 0 aliphatic rings. The zero-order valence-corrected chi connectivity index (χ0v) is 15.8. The number of benzene rings is 1. The molecule has 0 fully saturated rings. The first-order valence-electron chi connectivity index (χ1n) is 7.23. The average molecular weight is 424 g/mol. The number of thioether (sulfide) groups is 1. The Bertz CT molecular complexity index is 886. The number of aryl methyl sites for hydroxylation is 1. The maximum Gasteiger partial charge on any atom is 0.343 e. The van der Waals surface area contributed by atoms with Gasteiger partial charge < -0.3 is 0 Å². The number of thiophene rings is 1. The summed E-state index contributed by atoms with van der Waals surface area (Å²) in [4.78, 5) is 24.9. The Balaban J connectivity index is 1.65. The van der Waals surface area contributed by atoms with Gasteiger partial charge in [0.05, 0.1) is 10.6 Å². The van der Waals surface area contributed by atoms with Crippen molar-refractivity contribution in [1.82, 2.24) is 14.8 Å². The van der Waals surface area contributed by atoms with Crippen LogP contribution in [0.4, 0.5) is 0 Å². The summed E-state index contributed by atoms with van der Waals surface area (Å²) < 4.78 is 2.38. The lowest BCUT2D eigenvalue weighted by Crippen LogP contribution is -2.19. The highest BCUT2D eigenvalue weighted by molar-refractivity contribution is 9.10. The molecule has 3 rings (SSSR count). The largest absolute Gasteiger partial charge is 0.343 e. The fourth-order valence-corrected chi connectivity index (χ4v) is 4.65. The highest BCUT2D eigenvalue weighted by atomic mass is 79.9. The Morgan fingerprint density at radius 3 is 2.79 bits per heavy atom. The molecule has 3 aromatic rings. The van der Waals surface area contributed by atoms with Crippen LogP contribution >= 0.6 is 39.0 Å². The summed E-state index contributed by atoms with van der Waals surface area (Å²) in [5.41, 5.74) is 0.901. The van der Waals surface area contributed by atoms with Crippen molar-refractivity contribution in [3.05, 3.63) is 67.2 Å². The van der Waals surface area contributed by atoms with Crippen molar-refractivity contribution in [2.45, 2.75) is 18.1 Å². The van der Waals surface area contributed by atoms with E-state index in [4.69, 9.17) is 0 Å². The molecule has 0 saturated heterocycles. The zero-order chi connectivity index (χ0) is 16.9. The lowest BCUT2D eigenvalue weighted by molar-refractivity contribution is 0.102. The van der Waals surface area contributed by atoms with Gasteiger partial charge in [0, 0.05) is 11.0 Å². The summed E-state index contributed by atoms with van der Waals surface area (Å²) >= 11 is 6.04. The van der Waals surface area contributed by atoms with Crippen LogP contribution in [-0.2, 0) is 13.0 Å². The summed E-state index contributed by atoms with van der Waals surface area (Å²) in [7, 11) is 0.